The standard InChI is InChI=1S/C22H26N4O2/c1-13-15(3)20(26(5)17-8-10-18(27-6)11-9-17)16(4)14(2)19(13)21-23-12-24-22(25-21)28-7/h8-12H,1-7H3. The van der Waals surface area contributed by atoms with E-state index in [9.17, 15) is 0 Å². The van der Waals surface area contributed by atoms with Crippen LogP contribution < -0.4 is 14.4 Å². The summed E-state index contributed by atoms with van der Waals surface area (Å²) in [6, 6.07) is 8.39. The normalized spacial score (nSPS) is 10.7. The van der Waals surface area contributed by atoms with Gasteiger partial charge in [0.1, 0.15) is 12.1 Å². The van der Waals surface area contributed by atoms with Crippen LogP contribution in [0.3, 0.4) is 0 Å². The number of nitrogens with zero attached hydrogens (tertiary/aromatic N) is 4. The molecule has 0 amide bonds. The van der Waals surface area contributed by atoms with E-state index >= 15 is 0 Å². The topological polar surface area (TPSA) is 60.4 Å². The fourth-order valence-electron chi connectivity index (χ4n) is 3.57. The fourth-order valence-corrected chi connectivity index (χ4v) is 3.57. The maximum absolute atomic E-state index is 5.28. The summed E-state index contributed by atoms with van der Waals surface area (Å²) in [5, 5.41) is 0. The van der Waals surface area contributed by atoms with Crippen molar-refractivity contribution in [1.29, 1.82) is 0 Å². The molecule has 1 aromatic heterocycles. The van der Waals surface area contributed by atoms with E-state index in [2.05, 4.69) is 66.7 Å². The number of ether oxygens (including phenoxy) is 2. The highest BCUT2D eigenvalue weighted by molar-refractivity contribution is 5.79. The van der Waals surface area contributed by atoms with E-state index in [0.29, 0.717) is 11.8 Å². The van der Waals surface area contributed by atoms with Gasteiger partial charge in [0, 0.05) is 24.0 Å². The Balaban J connectivity index is 2.14. The molecule has 6 nitrogen and oxygen atoms in total. The molecule has 0 spiro atoms. The number of benzene rings is 2. The van der Waals surface area contributed by atoms with Crippen LogP contribution in [0.25, 0.3) is 11.4 Å². The Morgan fingerprint density at radius 2 is 1.39 bits per heavy atom. The molecule has 6 heteroatoms. The van der Waals surface area contributed by atoms with Crippen molar-refractivity contribution in [2.24, 2.45) is 0 Å². The Kier molecular flexibility index (Phi) is 5.49. The summed E-state index contributed by atoms with van der Waals surface area (Å²) in [5.74, 6) is 1.48. The molecule has 0 bridgehead atoms. The molecule has 0 aliphatic rings. The largest absolute Gasteiger partial charge is 0.497 e. The van der Waals surface area contributed by atoms with Gasteiger partial charge < -0.3 is 14.4 Å². The van der Waals surface area contributed by atoms with Crippen molar-refractivity contribution >= 4 is 11.4 Å². The van der Waals surface area contributed by atoms with E-state index in [4.69, 9.17) is 9.47 Å². The summed E-state index contributed by atoms with van der Waals surface area (Å²) < 4.78 is 10.5. The Hall–Kier alpha value is -3.15. The SMILES string of the molecule is COc1ccc(N(C)c2c(C)c(C)c(-c3ncnc(OC)n3)c(C)c2C)cc1. The van der Waals surface area contributed by atoms with Crippen LogP contribution in [0, 0.1) is 27.7 Å². The van der Waals surface area contributed by atoms with Gasteiger partial charge in [-0.3, -0.25) is 0 Å². The molecule has 0 aliphatic carbocycles. The molecule has 3 rings (SSSR count). The van der Waals surface area contributed by atoms with Gasteiger partial charge >= 0.3 is 6.01 Å². The summed E-state index contributed by atoms with van der Waals surface area (Å²) in [4.78, 5) is 15.1. The highest BCUT2D eigenvalue weighted by Gasteiger charge is 2.21. The van der Waals surface area contributed by atoms with E-state index in [1.54, 1.807) is 14.2 Å². The summed E-state index contributed by atoms with van der Waals surface area (Å²) >= 11 is 0. The van der Waals surface area contributed by atoms with Crippen molar-refractivity contribution in [3.05, 3.63) is 52.8 Å². The first-order valence-corrected chi connectivity index (χ1v) is 9.10. The minimum atomic E-state index is 0.318. The van der Waals surface area contributed by atoms with Gasteiger partial charge in [0.05, 0.1) is 14.2 Å². The first-order valence-electron chi connectivity index (χ1n) is 9.10. The van der Waals surface area contributed by atoms with Gasteiger partial charge in [0.15, 0.2) is 5.82 Å². The van der Waals surface area contributed by atoms with E-state index in [-0.39, 0.29) is 0 Å². The van der Waals surface area contributed by atoms with Gasteiger partial charge in [-0.1, -0.05) is 0 Å². The lowest BCUT2D eigenvalue weighted by Gasteiger charge is -2.28. The van der Waals surface area contributed by atoms with Crippen LogP contribution in [0.15, 0.2) is 30.6 Å². The van der Waals surface area contributed by atoms with Crippen LogP contribution in [-0.4, -0.2) is 36.2 Å². The molecule has 0 saturated carbocycles. The van der Waals surface area contributed by atoms with Crippen LogP contribution in [0.2, 0.25) is 0 Å². The van der Waals surface area contributed by atoms with Crippen molar-refractivity contribution in [1.82, 2.24) is 15.0 Å². The fraction of sp³-hybridized carbons (Fsp3) is 0.318. The van der Waals surface area contributed by atoms with Crippen molar-refractivity contribution in [2.75, 3.05) is 26.2 Å². The molecule has 0 fully saturated rings. The average molecular weight is 378 g/mol. The molecular formula is C22H26N4O2. The zero-order valence-electron chi connectivity index (χ0n) is 17.5. The predicted octanol–water partition coefficient (Wildman–Crippen LogP) is 4.56. The van der Waals surface area contributed by atoms with E-state index < -0.39 is 0 Å². The van der Waals surface area contributed by atoms with Crippen molar-refractivity contribution in [3.8, 4) is 23.1 Å². The maximum Gasteiger partial charge on any atom is 0.319 e. The molecule has 1 heterocycles. The van der Waals surface area contributed by atoms with Gasteiger partial charge in [-0.25, -0.2) is 4.98 Å². The van der Waals surface area contributed by atoms with Crippen molar-refractivity contribution in [2.45, 2.75) is 27.7 Å². The third-order valence-electron chi connectivity index (χ3n) is 5.34. The molecule has 0 aliphatic heterocycles. The third-order valence-corrected chi connectivity index (χ3v) is 5.34. The predicted molar refractivity (Wildman–Crippen MR) is 112 cm³/mol. The first-order chi connectivity index (χ1) is 13.4. The quantitative estimate of drug-likeness (QED) is 0.649. The molecule has 28 heavy (non-hydrogen) atoms. The summed E-state index contributed by atoms with van der Waals surface area (Å²) in [6.07, 6.45) is 1.49. The molecule has 0 N–H and O–H groups in total. The van der Waals surface area contributed by atoms with Gasteiger partial charge in [0.2, 0.25) is 0 Å². The molecule has 3 aromatic rings. The van der Waals surface area contributed by atoms with Crippen molar-refractivity contribution in [3.63, 3.8) is 0 Å². The Bertz CT molecular complexity index is 971. The zero-order chi connectivity index (χ0) is 20.4. The molecule has 0 saturated heterocycles. The van der Waals surface area contributed by atoms with E-state index in [0.717, 1.165) is 28.1 Å². The second kappa shape index (κ2) is 7.84. The second-order valence-corrected chi connectivity index (χ2v) is 6.78. The van der Waals surface area contributed by atoms with Gasteiger partial charge in [0.25, 0.3) is 0 Å². The van der Waals surface area contributed by atoms with Gasteiger partial charge in [-0.05, 0) is 74.2 Å². The molecular weight excluding hydrogens is 352 g/mol. The number of hydrogen-bond acceptors (Lipinski definition) is 6. The zero-order valence-corrected chi connectivity index (χ0v) is 17.5. The lowest BCUT2D eigenvalue weighted by atomic mass is 9.91. The Morgan fingerprint density at radius 1 is 0.786 bits per heavy atom. The molecule has 146 valence electrons. The smallest absolute Gasteiger partial charge is 0.319 e. The summed E-state index contributed by atoms with van der Waals surface area (Å²) in [6.45, 7) is 8.50. The summed E-state index contributed by atoms with van der Waals surface area (Å²) in [7, 11) is 5.32. The third kappa shape index (κ3) is 3.38. The van der Waals surface area contributed by atoms with Crippen LogP contribution in [0.4, 0.5) is 11.4 Å². The average Bonchev–Trinajstić information content (AvgIpc) is 2.72. The Morgan fingerprint density at radius 3 is 1.93 bits per heavy atom. The van der Waals surface area contributed by atoms with Crippen LogP contribution in [0.5, 0.6) is 11.8 Å². The molecule has 0 atom stereocenters. The van der Waals surface area contributed by atoms with Crippen molar-refractivity contribution < 1.29 is 9.47 Å². The number of anilines is 2. The van der Waals surface area contributed by atoms with Crippen LogP contribution in [0.1, 0.15) is 22.3 Å². The van der Waals surface area contributed by atoms with Gasteiger partial charge in [-0.15, -0.1) is 0 Å². The second-order valence-electron chi connectivity index (χ2n) is 6.78. The van der Waals surface area contributed by atoms with E-state index in [1.807, 2.05) is 12.1 Å². The lowest BCUT2D eigenvalue weighted by Crippen LogP contribution is -2.15. The lowest BCUT2D eigenvalue weighted by molar-refractivity contribution is 0.378. The number of methoxy groups -OCH3 is 2. The number of rotatable bonds is 5. The highest BCUT2D eigenvalue weighted by atomic mass is 16.5. The van der Waals surface area contributed by atoms with E-state index in [1.165, 1.54) is 23.1 Å². The number of hydrogen-bond donors (Lipinski definition) is 0. The molecule has 2 aromatic carbocycles. The summed E-state index contributed by atoms with van der Waals surface area (Å²) in [5.41, 5.74) is 7.98. The molecule has 0 unspecified atom stereocenters. The van der Waals surface area contributed by atoms with Crippen LogP contribution >= 0.6 is 0 Å². The minimum Gasteiger partial charge on any atom is -0.497 e. The Labute approximate surface area is 166 Å². The highest BCUT2D eigenvalue weighted by Crippen LogP contribution is 2.39. The van der Waals surface area contributed by atoms with Crippen LogP contribution in [-0.2, 0) is 0 Å². The monoisotopic (exact) mass is 378 g/mol. The maximum atomic E-state index is 5.28. The first kappa shape index (κ1) is 19.6. The number of aromatic nitrogens is 3. The van der Waals surface area contributed by atoms with Gasteiger partial charge in [-0.2, -0.15) is 9.97 Å². The minimum absolute atomic E-state index is 0.318. The molecule has 0 radical (unpaired) electrons.